The van der Waals surface area contributed by atoms with Crippen molar-refractivity contribution >= 4 is 18.1 Å². The molecular formula is C21H17N3O3. The molecule has 134 valence electrons. The summed E-state index contributed by atoms with van der Waals surface area (Å²) in [5, 5.41) is 3.91. The number of hydrogen-bond donors (Lipinski definition) is 1. The Kier molecular flexibility index (Phi) is 5.69. The van der Waals surface area contributed by atoms with E-state index >= 15 is 0 Å². The predicted molar refractivity (Wildman–Crippen MR) is 102 cm³/mol. The van der Waals surface area contributed by atoms with Gasteiger partial charge in [-0.1, -0.05) is 17.7 Å². The Hall–Kier alpha value is -3.80. The van der Waals surface area contributed by atoms with Crippen LogP contribution in [0, 0.1) is 6.92 Å². The molecule has 6 nitrogen and oxygen atoms in total. The summed E-state index contributed by atoms with van der Waals surface area (Å²) in [5.41, 5.74) is 5.23. The zero-order valence-corrected chi connectivity index (χ0v) is 14.6. The molecule has 0 fully saturated rings. The van der Waals surface area contributed by atoms with Gasteiger partial charge >= 0.3 is 5.97 Å². The molecule has 0 bridgehead atoms. The molecule has 0 aliphatic heterocycles. The number of aromatic nitrogens is 1. The molecule has 1 heterocycles. The lowest BCUT2D eigenvalue weighted by molar-refractivity contribution is 0.0734. The van der Waals surface area contributed by atoms with Crippen LogP contribution in [0.5, 0.6) is 5.75 Å². The number of aryl methyl sites for hydroxylation is 1. The summed E-state index contributed by atoms with van der Waals surface area (Å²) < 4.78 is 5.34. The van der Waals surface area contributed by atoms with E-state index in [1.807, 2.05) is 19.1 Å². The van der Waals surface area contributed by atoms with Crippen LogP contribution < -0.4 is 10.2 Å². The number of pyridine rings is 1. The lowest BCUT2D eigenvalue weighted by atomic mass is 10.1. The number of hydrogen-bond acceptors (Lipinski definition) is 5. The minimum Gasteiger partial charge on any atom is -0.423 e. The zero-order valence-electron chi connectivity index (χ0n) is 14.6. The molecule has 2 aromatic carbocycles. The third kappa shape index (κ3) is 5.09. The maximum atomic E-state index is 12.1. The van der Waals surface area contributed by atoms with Gasteiger partial charge in [0.25, 0.3) is 5.91 Å². The quantitative estimate of drug-likeness (QED) is 0.328. The molecule has 1 amide bonds. The Balaban J connectivity index is 1.56. The predicted octanol–water partition coefficient (Wildman–Crippen LogP) is 3.37. The fourth-order valence-electron chi connectivity index (χ4n) is 2.21. The first-order chi connectivity index (χ1) is 13.1. The van der Waals surface area contributed by atoms with E-state index in [1.165, 1.54) is 18.6 Å². The number of nitrogens with zero attached hydrogens (tertiary/aromatic N) is 2. The molecule has 0 spiro atoms. The zero-order chi connectivity index (χ0) is 19.1. The van der Waals surface area contributed by atoms with E-state index in [0.29, 0.717) is 16.9 Å². The normalized spacial score (nSPS) is 10.6. The minimum atomic E-state index is -0.416. The summed E-state index contributed by atoms with van der Waals surface area (Å²) in [7, 11) is 0. The molecule has 0 radical (unpaired) electrons. The number of amides is 1. The Labute approximate surface area is 156 Å². The van der Waals surface area contributed by atoms with Gasteiger partial charge in [0.15, 0.2) is 0 Å². The highest BCUT2D eigenvalue weighted by molar-refractivity contribution is 5.94. The Morgan fingerprint density at radius 3 is 2.26 bits per heavy atom. The van der Waals surface area contributed by atoms with Crippen molar-refractivity contribution in [2.75, 3.05) is 0 Å². The maximum absolute atomic E-state index is 12.1. The van der Waals surface area contributed by atoms with Crippen molar-refractivity contribution in [3.63, 3.8) is 0 Å². The van der Waals surface area contributed by atoms with Crippen LogP contribution in [0.2, 0.25) is 0 Å². The van der Waals surface area contributed by atoms with Crippen LogP contribution in [0.25, 0.3) is 0 Å². The molecule has 1 aromatic heterocycles. The third-order valence-corrected chi connectivity index (χ3v) is 3.70. The van der Waals surface area contributed by atoms with E-state index in [1.54, 1.807) is 48.5 Å². The maximum Gasteiger partial charge on any atom is 0.343 e. The summed E-state index contributed by atoms with van der Waals surface area (Å²) in [4.78, 5) is 27.8. The van der Waals surface area contributed by atoms with Gasteiger partial charge in [-0.15, -0.1) is 0 Å². The molecule has 0 saturated heterocycles. The first-order valence-corrected chi connectivity index (χ1v) is 8.24. The lowest BCUT2D eigenvalue weighted by Gasteiger charge is -2.05. The molecule has 0 atom stereocenters. The van der Waals surface area contributed by atoms with Gasteiger partial charge in [0.2, 0.25) is 0 Å². The van der Waals surface area contributed by atoms with E-state index in [9.17, 15) is 9.59 Å². The van der Waals surface area contributed by atoms with Crippen LogP contribution in [0.4, 0.5) is 0 Å². The SMILES string of the molecule is Cc1ccc(C(=O)Oc2ccc(/C=N\NC(=O)c3ccncc3)cc2)cc1. The molecule has 0 unspecified atom stereocenters. The fourth-order valence-corrected chi connectivity index (χ4v) is 2.21. The van der Waals surface area contributed by atoms with Crippen molar-refractivity contribution < 1.29 is 14.3 Å². The van der Waals surface area contributed by atoms with Gasteiger partial charge in [0.1, 0.15) is 5.75 Å². The number of esters is 1. The third-order valence-electron chi connectivity index (χ3n) is 3.70. The van der Waals surface area contributed by atoms with Gasteiger partial charge in [0, 0.05) is 18.0 Å². The summed E-state index contributed by atoms with van der Waals surface area (Å²) in [6.45, 7) is 1.95. The number of carbonyl (C=O) groups excluding carboxylic acids is 2. The Bertz CT molecular complexity index is 950. The van der Waals surface area contributed by atoms with E-state index in [2.05, 4.69) is 15.5 Å². The second-order valence-corrected chi connectivity index (χ2v) is 5.76. The highest BCUT2D eigenvalue weighted by Gasteiger charge is 2.08. The van der Waals surface area contributed by atoms with Crippen LogP contribution in [0.1, 0.15) is 31.8 Å². The molecule has 1 N–H and O–H groups in total. The van der Waals surface area contributed by atoms with Crippen molar-refractivity contribution in [3.05, 3.63) is 95.3 Å². The van der Waals surface area contributed by atoms with Crippen molar-refractivity contribution in [2.45, 2.75) is 6.92 Å². The number of nitrogens with one attached hydrogen (secondary N) is 1. The molecule has 27 heavy (non-hydrogen) atoms. The second-order valence-electron chi connectivity index (χ2n) is 5.76. The first-order valence-electron chi connectivity index (χ1n) is 8.24. The van der Waals surface area contributed by atoms with Crippen LogP contribution in [-0.4, -0.2) is 23.1 Å². The number of hydrazone groups is 1. The standard InChI is InChI=1S/C21H17N3O3/c1-15-2-6-18(7-3-15)21(26)27-19-8-4-16(5-9-19)14-23-24-20(25)17-10-12-22-13-11-17/h2-14H,1H3,(H,24,25)/b23-14-. The van der Waals surface area contributed by atoms with Crippen molar-refractivity contribution in [3.8, 4) is 5.75 Å². The largest absolute Gasteiger partial charge is 0.423 e. The number of rotatable bonds is 5. The molecular weight excluding hydrogens is 342 g/mol. The molecule has 0 aliphatic carbocycles. The fraction of sp³-hybridized carbons (Fsp3) is 0.0476. The number of ether oxygens (including phenoxy) is 1. The van der Waals surface area contributed by atoms with E-state index in [0.717, 1.165) is 11.1 Å². The molecule has 3 rings (SSSR count). The Morgan fingerprint density at radius 2 is 1.59 bits per heavy atom. The van der Waals surface area contributed by atoms with Crippen LogP contribution >= 0.6 is 0 Å². The smallest absolute Gasteiger partial charge is 0.343 e. The highest BCUT2D eigenvalue weighted by atomic mass is 16.5. The number of benzene rings is 2. The van der Waals surface area contributed by atoms with Gasteiger partial charge < -0.3 is 4.74 Å². The van der Waals surface area contributed by atoms with E-state index < -0.39 is 5.97 Å². The van der Waals surface area contributed by atoms with E-state index in [-0.39, 0.29) is 5.91 Å². The minimum absolute atomic E-state index is 0.322. The summed E-state index contributed by atoms with van der Waals surface area (Å²) in [6.07, 6.45) is 4.58. The lowest BCUT2D eigenvalue weighted by Crippen LogP contribution is -2.17. The van der Waals surface area contributed by atoms with Crippen molar-refractivity contribution in [2.24, 2.45) is 5.10 Å². The molecule has 0 aliphatic rings. The van der Waals surface area contributed by atoms with Crippen LogP contribution in [-0.2, 0) is 0 Å². The van der Waals surface area contributed by atoms with Gasteiger partial charge in [-0.05, 0) is 61.0 Å². The number of carbonyl (C=O) groups is 2. The first kappa shape index (κ1) is 18.0. The van der Waals surface area contributed by atoms with Gasteiger partial charge in [-0.2, -0.15) is 5.10 Å². The average molecular weight is 359 g/mol. The monoisotopic (exact) mass is 359 g/mol. The van der Waals surface area contributed by atoms with Crippen LogP contribution in [0.15, 0.2) is 78.2 Å². The van der Waals surface area contributed by atoms with Crippen molar-refractivity contribution in [1.29, 1.82) is 0 Å². The summed E-state index contributed by atoms with van der Waals surface area (Å²) in [6, 6.07) is 17.2. The van der Waals surface area contributed by atoms with Gasteiger partial charge in [-0.3, -0.25) is 9.78 Å². The van der Waals surface area contributed by atoms with E-state index in [4.69, 9.17) is 4.74 Å². The second kappa shape index (κ2) is 8.53. The average Bonchev–Trinajstić information content (AvgIpc) is 2.70. The highest BCUT2D eigenvalue weighted by Crippen LogP contribution is 2.14. The van der Waals surface area contributed by atoms with Crippen LogP contribution in [0.3, 0.4) is 0 Å². The summed E-state index contributed by atoms with van der Waals surface area (Å²) >= 11 is 0. The van der Waals surface area contributed by atoms with Gasteiger partial charge in [-0.25, -0.2) is 10.2 Å². The van der Waals surface area contributed by atoms with Gasteiger partial charge in [0.05, 0.1) is 11.8 Å². The summed E-state index contributed by atoms with van der Waals surface area (Å²) in [5.74, 6) is -0.308. The molecule has 6 heteroatoms. The van der Waals surface area contributed by atoms with Crippen molar-refractivity contribution in [1.82, 2.24) is 10.4 Å². The Morgan fingerprint density at radius 1 is 0.926 bits per heavy atom. The molecule has 3 aromatic rings. The topological polar surface area (TPSA) is 80.6 Å². The molecule has 0 saturated carbocycles.